The van der Waals surface area contributed by atoms with E-state index in [2.05, 4.69) is 4.74 Å². The van der Waals surface area contributed by atoms with Gasteiger partial charge in [-0.1, -0.05) is 11.6 Å². The number of carbonyl (C=O) groups is 1. The van der Waals surface area contributed by atoms with Crippen LogP contribution in [-0.4, -0.2) is 19.7 Å². The normalized spacial score (nSPS) is 18.6. The highest BCUT2D eigenvalue weighted by Crippen LogP contribution is 2.36. The summed E-state index contributed by atoms with van der Waals surface area (Å²) < 4.78 is 10.1. The van der Waals surface area contributed by atoms with Gasteiger partial charge >= 0.3 is 5.97 Å². The van der Waals surface area contributed by atoms with Gasteiger partial charge in [-0.15, -0.1) is 0 Å². The second-order valence-electron chi connectivity index (χ2n) is 3.61. The summed E-state index contributed by atoms with van der Waals surface area (Å²) in [5.41, 5.74) is 7.03. The third kappa shape index (κ3) is 1.86. The fourth-order valence-electron chi connectivity index (χ4n) is 1.76. The van der Waals surface area contributed by atoms with Crippen LogP contribution in [-0.2, 0) is 4.74 Å². The molecule has 16 heavy (non-hydrogen) atoms. The molecule has 4 nitrogen and oxygen atoms in total. The van der Waals surface area contributed by atoms with E-state index in [-0.39, 0.29) is 6.04 Å². The lowest BCUT2D eigenvalue weighted by Crippen LogP contribution is -2.22. The van der Waals surface area contributed by atoms with Gasteiger partial charge in [0.25, 0.3) is 0 Å². The highest BCUT2D eigenvalue weighted by atomic mass is 35.5. The summed E-state index contributed by atoms with van der Waals surface area (Å²) in [6.45, 7) is 0.500. The largest absolute Gasteiger partial charge is 0.492 e. The number of hydrogen-bond acceptors (Lipinski definition) is 4. The predicted molar refractivity (Wildman–Crippen MR) is 59.8 cm³/mol. The van der Waals surface area contributed by atoms with E-state index in [1.807, 2.05) is 0 Å². The molecule has 0 aromatic heterocycles. The van der Waals surface area contributed by atoms with E-state index in [0.717, 1.165) is 5.56 Å². The average molecular weight is 242 g/mol. The van der Waals surface area contributed by atoms with E-state index in [1.165, 1.54) is 13.2 Å². The summed E-state index contributed by atoms with van der Waals surface area (Å²) in [5, 5.41) is 0.458. The first-order valence-electron chi connectivity index (χ1n) is 4.93. The lowest BCUT2D eigenvalue weighted by Gasteiger charge is -2.24. The Labute approximate surface area is 98.3 Å². The van der Waals surface area contributed by atoms with Crippen molar-refractivity contribution in [1.29, 1.82) is 0 Å². The molecular formula is C11H12ClNO3. The summed E-state index contributed by atoms with van der Waals surface area (Å²) in [6, 6.07) is 3.11. The van der Waals surface area contributed by atoms with E-state index in [4.69, 9.17) is 22.1 Å². The molecule has 2 N–H and O–H groups in total. The molecule has 0 bridgehead atoms. The molecule has 0 spiro atoms. The van der Waals surface area contributed by atoms with Gasteiger partial charge in [0.2, 0.25) is 0 Å². The number of nitrogens with two attached hydrogens (primary N) is 1. The smallest absolute Gasteiger partial charge is 0.341 e. The maximum atomic E-state index is 11.5. The van der Waals surface area contributed by atoms with Crippen molar-refractivity contribution in [2.75, 3.05) is 13.7 Å². The second kappa shape index (κ2) is 4.31. The lowest BCUT2D eigenvalue weighted by molar-refractivity contribution is 0.0594. The molecule has 2 rings (SSSR count). The van der Waals surface area contributed by atoms with Crippen LogP contribution in [0.5, 0.6) is 5.75 Å². The molecule has 5 heteroatoms. The van der Waals surface area contributed by atoms with Crippen molar-refractivity contribution in [3.05, 3.63) is 28.3 Å². The number of halogens is 1. The topological polar surface area (TPSA) is 61.5 Å². The Balaban J connectivity index is 2.57. The second-order valence-corrected chi connectivity index (χ2v) is 4.04. The summed E-state index contributed by atoms with van der Waals surface area (Å²) in [6.07, 6.45) is 0.716. The van der Waals surface area contributed by atoms with Crippen molar-refractivity contribution in [3.8, 4) is 5.75 Å². The van der Waals surface area contributed by atoms with Crippen LogP contribution in [0.3, 0.4) is 0 Å². The molecule has 1 heterocycles. The standard InChI is InChI=1S/C11H12ClNO3/c1-15-11(14)8-5-6(12)4-7-9(13)2-3-16-10(7)8/h4-5,9H,2-3,13H2,1H3/t9-/m0/s1. The van der Waals surface area contributed by atoms with Crippen LogP contribution < -0.4 is 10.5 Å². The maximum Gasteiger partial charge on any atom is 0.341 e. The van der Waals surface area contributed by atoms with E-state index >= 15 is 0 Å². The van der Waals surface area contributed by atoms with Gasteiger partial charge in [-0.25, -0.2) is 4.79 Å². The zero-order valence-corrected chi connectivity index (χ0v) is 9.58. The van der Waals surface area contributed by atoms with Gasteiger partial charge in [-0.05, 0) is 12.1 Å². The van der Waals surface area contributed by atoms with E-state index < -0.39 is 5.97 Å². The number of fused-ring (bicyclic) bond motifs is 1. The Morgan fingerprint density at radius 2 is 2.38 bits per heavy atom. The molecule has 1 aliphatic heterocycles. The zero-order valence-electron chi connectivity index (χ0n) is 8.83. The van der Waals surface area contributed by atoms with Gasteiger partial charge in [0.1, 0.15) is 11.3 Å². The number of benzene rings is 1. The molecule has 0 aliphatic carbocycles. The number of carbonyl (C=O) groups excluding carboxylic acids is 1. The molecule has 0 radical (unpaired) electrons. The SMILES string of the molecule is COC(=O)c1cc(Cl)cc2c1OCC[C@@H]2N. The number of methoxy groups -OCH3 is 1. The first kappa shape index (κ1) is 11.2. The van der Waals surface area contributed by atoms with Crippen LogP contribution >= 0.6 is 11.6 Å². The fourth-order valence-corrected chi connectivity index (χ4v) is 1.98. The van der Waals surface area contributed by atoms with E-state index in [9.17, 15) is 4.79 Å². The number of esters is 1. The summed E-state index contributed by atoms with van der Waals surface area (Å²) in [7, 11) is 1.32. The minimum atomic E-state index is -0.465. The average Bonchev–Trinajstić information content (AvgIpc) is 2.28. The van der Waals surface area contributed by atoms with Gasteiger partial charge in [-0.2, -0.15) is 0 Å². The molecule has 1 atom stereocenters. The molecule has 0 fully saturated rings. The highest BCUT2D eigenvalue weighted by molar-refractivity contribution is 6.31. The minimum absolute atomic E-state index is 0.147. The molecule has 1 aromatic carbocycles. The third-order valence-corrected chi connectivity index (χ3v) is 2.78. The van der Waals surface area contributed by atoms with Crippen molar-refractivity contribution in [2.24, 2.45) is 5.73 Å². The lowest BCUT2D eigenvalue weighted by atomic mass is 9.98. The van der Waals surface area contributed by atoms with Crippen molar-refractivity contribution < 1.29 is 14.3 Å². The first-order chi connectivity index (χ1) is 7.63. The molecule has 0 amide bonds. The molecule has 86 valence electrons. The Bertz CT molecular complexity index is 433. The van der Waals surface area contributed by atoms with Crippen LogP contribution in [0.4, 0.5) is 0 Å². The van der Waals surface area contributed by atoms with Crippen LogP contribution in [0.2, 0.25) is 5.02 Å². The molecule has 0 saturated carbocycles. The van der Waals surface area contributed by atoms with Gasteiger partial charge in [-0.3, -0.25) is 0 Å². The first-order valence-corrected chi connectivity index (χ1v) is 5.31. The van der Waals surface area contributed by atoms with Crippen molar-refractivity contribution in [1.82, 2.24) is 0 Å². The fraction of sp³-hybridized carbons (Fsp3) is 0.364. The quantitative estimate of drug-likeness (QED) is 0.763. The molecule has 0 unspecified atom stereocenters. The molecule has 1 aromatic rings. The Kier molecular flexibility index (Phi) is 3.03. The van der Waals surface area contributed by atoms with Crippen LogP contribution in [0, 0.1) is 0 Å². The molecular weight excluding hydrogens is 230 g/mol. The van der Waals surface area contributed by atoms with Gasteiger partial charge in [0, 0.05) is 23.0 Å². The molecule has 0 saturated heterocycles. The Morgan fingerprint density at radius 3 is 3.06 bits per heavy atom. The number of ether oxygens (including phenoxy) is 2. The molecule has 1 aliphatic rings. The number of rotatable bonds is 1. The highest BCUT2D eigenvalue weighted by Gasteiger charge is 2.25. The minimum Gasteiger partial charge on any atom is -0.492 e. The van der Waals surface area contributed by atoms with E-state index in [0.29, 0.717) is 29.4 Å². The third-order valence-electron chi connectivity index (χ3n) is 2.56. The monoisotopic (exact) mass is 241 g/mol. The van der Waals surface area contributed by atoms with Gasteiger partial charge in [0.05, 0.1) is 13.7 Å². The van der Waals surface area contributed by atoms with E-state index in [1.54, 1.807) is 6.07 Å². The van der Waals surface area contributed by atoms with Crippen molar-refractivity contribution in [3.63, 3.8) is 0 Å². The van der Waals surface area contributed by atoms with Crippen LogP contribution in [0.25, 0.3) is 0 Å². The Hall–Kier alpha value is -1.26. The van der Waals surface area contributed by atoms with Crippen molar-refractivity contribution in [2.45, 2.75) is 12.5 Å². The van der Waals surface area contributed by atoms with Crippen LogP contribution in [0.15, 0.2) is 12.1 Å². The summed E-state index contributed by atoms with van der Waals surface area (Å²) in [5.74, 6) is 0.0304. The number of hydrogen-bond donors (Lipinski definition) is 1. The van der Waals surface area contributed by atoms with Crippen molar-refractivity contribution >= 4 is 17.6 Å². The summed E-state index contributed by atoms with van der Waals surface area (Å²) >= 11 is 5.93. The van der Waals surface area contributed by atoms with Crippen LogP contribution in [0.1, 0.15) is 28.4 Å². The maximum absolute atomic E-state index is 11.5. The zero-order chi connectivity index (χ0) is 11.7. The van der Waals surface area contributed by atoms with Gasteiger partial charge in [0.15, 0.2) is 0 Å². The summed E-state index contributed by atoms with van der Waals surface area (Å²) in [4.78, 5) is 11.5. The Morgan fingerprint density at radius 1 is 1.62 bits per heavy atom. The predicted octanol–water partition coefficient (Wildman–Crippen LogP) is 1.91. The van der Waals surface area contributed by atoms with Gasteiger partial charge < -0.3 is 15.2 Å².